The van der Waals surface area contributed by atoms with E-state index in [0.717, 1.165) is 28.2 Å². The lowest BCUT2D eigenvalue weighted by Crippen LogP contribution is -2.37. The van der Waals surface area contributed by atoms with Crippen molar-refractivity contribution in [1.29, 1.82) is 0 Å². The van der Waals surface area contributed by atoms with Gasteiger partial charge in [0.05, 0.1) is 23.3 Å². The Morgan fingerprint density at radius 3 is 2.50 bits per heavy atom. The molecule has 1 heterocycles. The minimum Gasteiger partial charge on any atom is -0.375 e. The average Bonchev–Trinajstić information content (AvgIpc) is 2.71. The molecule has 5 heteroatoms. The van der Waals surface area contributed by atoms with Crippen molar-refractivity contribution in [3.63, 3.8) is 0 Å². The Bertz CT molecular complexity index is 992. The summed E-state index contributed by atoms with van der Waals surface area (Å²) in [4.78, 5) is 13.2. The van der Waals surface area contributed by atoms with Gasteiger partial charge in [0.15, 0.2) is 0 Å². The summed E-state index contributed by atoms with van der Waals surface area (Å²) in [5, 5.41) is 7.22. The van der Waals surface area contributed by atoms with Crippen LogP contribution in [0.4, 0.5) is 15.8 Å². The summed E-state index contributed by atoms with van der Waals surface area (Å²) in [6.45, 7) is 8.17. The van der Waals surface area contributed by atoms with Crippen molar-refractivity contribution >= 4 is 28.8 Å². The second-order valence-electron chi connectivity index (χ2n) is 8.57. The van der Waals surface area contributed by atoms with Crippen molar-refractivity contribution in [1.82, 2.24) is 0 Å². The minimum atomic E-state index is -0.584. The van der Waals surface area contributed by atoms with E-state index in [2.05, 4.69) is 29.7 Å². The fourth-order valence-corrected chi connectivity index (χ4v) is 4.55. The summed E-state index contributed by atoms with van der Waals surface area (Å²) in [7, 11) is 0. The highest BCUT2D eigenvalue weighted by Gasteiger charge is 2.43. The van der Waals surface area contributed by atoms with Gasteiger partial charge in [-0.15, -0.1) is 0 Å². The van der Waals surface area contributed by atoms with Crippen LogP contribution in [0.5, 0.6) is 0 Å². The Hall–Kier alpha value is -2.33. The summed E-state index contributed by atoms with van der Waals surface area (Å²) >= 11 is 6.40. The van der Waals surface area contributed by atoms with Gasteiger partial charge in [-0.1, -0.05) is 37.6 Å². The number of hydrogen-bond donors (Lipinski definition) is 2. The third kappa shape index (κ3) is 3.20. The fourth-order valence-electron chi connectivity index (χ4n) is 4.27. The lowest BCUT2D eigenvalue weighted by Gasteiger charge is -2.35. The van der Waals surface area contributed by atoms with Gasteiger partial charge in [0.1, 0.15) is 11.6 Å². The molecular formula is C23H24ClFN2O. The van der Waals surface area contributed by atoms with Crippen LogP contribution in [0.1, 0.15) is 43.0 Å². The molecule has 0 fully saturated rings. The van der Waals surface area contributed by atoms with Crippen molar-refractivity contribution in [3.05, 3.63) is 69.6 Å². The highest BCUT2D eigenvalue weighted by molar-refractivity contribution is 6.31. The first-order valence-electron chi connectivity index (χ1n) is 9.50. The van der Waals surface area contributed by atoms with Gasteiger partial charge in [0, 0.05) is 22.7 Å². The minimum absolute atomic E-state index is 0.0769. The van der Waals surface area contributed by atoms with Gasteiger partial charge >= 0.3 is 0 Å². The van der Waals surface area contributed by atoms with Gasteiger partial charge in [-0.3, -0.25) is 4.79 Å². The Labute approximate surface area is 170 Å². The van der Waals surface area contributed by atoms with Gasteiger partial charge in [-0.25, -0.2) is 4.39 Å². The topological polar surface area (TPSA) is 41.1 Å². The van der Waals surface area contributed by atoms with Crippen LogP contribution in [0.15, 0.2) is 42.1 Å². The molecule has 2 atom stereocenters. The molecule has 28 heavy (non-hydrogen) atoms. The lowest BCUT2D eigenvalue weighted by atomic mass is 9.72. The van der Waals surface area contributed by atoms with E-state index in [-0.39, 0.29) is 11.2 Å². The van der Waals surface area contributed by atoms with Gasteiger partial charge in [0.25, 0.3) is 0 Å². The van der Waals surface area contributed by atoms with Gasteiger partial charge in [0.2, 0.25) is 0 Å². The number of anilines is 2. The molecule has 0 amide bonds. The first-order valence-corrected chi connectivity index (χ1v) is 9.88. The number of carbonyl (C=O) groups excluding carboxylic acids is 1. The third-order valence-corrected chi connectivity index (χ3v) is 6.06. The van der Waals surface area contributed by atoms with Crippen LogP contribution in [-0.2, 0) is 4.79 Å². The summed E-state index contributed by atoms with van der Waals surface area (Å²) in [5.41, 5.74) is 4.88. The van der Waals surface area contributed by atoms with E-state index in [9.17, 15) is 9.18 Å². The molecule has 0 aromatic heterocycles. The molecule has 0 radical (unpaired) electrons. The van der Waals surface area contributed by atoms with Crippen LogP contribution in [0.25, 0.3) is 0 Å². The number of halogens is 2. The van der Waals surface area contributed by atoms with E-state index in [4.69, 9.17) is 11.6 Å². The molecule has 146 valence electrons. The summed E-state index contributed by atoms with van der Waals surface area (Å²) in [5.74, 6) is -0.863. The summed E-state index contributed by atoms with van der Waals surface area (Å²) < 4.78 is 14.8. The van der Waals surface area contributed by atoms with E-state index in [1.807, 2.05) is 26.8 Å². The smallest absolute Gasteiger partial charge is 0.145 e. The van der Waals surface area contributed by atoms with Crippen LogP contribution >= 0.6 is 11.6 Å². The van der Waals surface area contributed by atoms with Crippen molar-refractivity contribution < 1.29 is 9.18 Å². The molecule has 0 unspecified atom stereocenters. The lowest BCUT2D eigenvalue weighted by molar-refractivity contribution is -0.124. The summed E-state index contributed by atoms with van der Waals surface area (Å²) in [6.07, 6.45) is 2.51. The molecule has 2 aromatic carbocycles. The summed E-state index contributed by atoms with van der Waals surface area (Å²) in [6, 6.07) is 8.16. The first kappa shape index (κ1) is 19.0. The van der Waals surface area contributed by atoms with Gasteiger partial charge < -0.3 is 10.6 Å². The monoisotopic (exact) mass is 398 g/mol. The zero-order chi connectivity index (χ0) is 20.2. The number of fused-ring (bicyclic) bond motifs is 2. The number of benzene rings is 2. The molecular weight excluding hydrogens is 375 g/mol. The number of hydrogen-bond acceptors (Lipinski definition) is 3. The number of Topliss-reactive ketones (excluding diaryl/α,β-unsaturated/α-hetero) is 1. The van der Waals surface area contributed by atoms with Crippen molar-refractivity contribution in [2.45, 2.75) is 40.2 Å². The molecule has 2 N–H and O–H groups in total. The second kappa shape index (κ2) is 6.63. The van der Waals surface area contributed by atoms with Crippen molar-refractivity contribution in [2.75, 3.05) is 10.6 Å². The van der Waals surface area contributed by atoms with Crippen LogP contribution in [0.2, 0.25) is 5.02 Å². The normalized spacial score (nSPS) is 22.9. The van der Waals surface area contributed by atoms with Gasteiger partial charge in [-0.05, 0) is 54.7 Å². The maximum absolute atomic E-state index is 14.8. The standard InChI is InChI=1S/C23H24ClFN2O/c1-12-8-16-17(9-13(12)2)27-22(20-14(24)6-5-7-15(20)25)21-18(26-16)10-23(3,4)11-19(21)28/h5-10,21-22,26-27H,11H2,1-4H3/t21-,22-/m1/s1. The Morgan fingerprint density at radius 2 is 1.82 bits per heavy atom. The van der Waals surface area contributed by atoms with E-state index >= 15 is 0 Å². The predicted octanol–water partition coefficient (Wildman–Crippen LogP) is 6.17. The largest absolute Gasteiger partial charge is 0.375 e. The molecule has 2 aliphatic rings. The highest BCUT2D eigenvalue weighted by atomic mass is 35.5. The molecule has 4 rings (SSSR count). The first-order chi connectivity index (χ1) is 13.2. The number of allylic oxidation sites excluding steroid dienone is 1. The Kier molecular flexibility index (Phi) is 4.50. The molecule has 0 bridgehead atoms. The quantitative estimate of drug-likeness (QED) is 0.603. The maximum Gasteiger partial charge on any atom is 0.145 e. The van der Waals surface area contributed by atoms with Crippen LogP contribution < -0.4 is 10.6 Å². The number of nitrogens with one attached hydrogen (secondary N) is 2. The number of ketones is 1. The van der Waals surface area contributed by atoms with E-state index in [0.29, 0.717) is 17.0 Å². The molecule has 3 nitrogen and oxygen atoms in total. The molecule has 1 aliphatic carbocycles. The third-order valence-electron chi connectivity index (χ3n) is 5.73. The van der Waals surface area contributed by atoms with Crippen molar-refractivity contribution in [3.8, 4) is 0 Å². The SMILES string of the molecule is Cc1cc2c(cc1C)N[C@H](c1c(F)cccc1Cl)[C@H]1C(=O)CC(C)(C)C=C1N2. The maximum atomic E-state index is 14.8. The fraction of sp³-hybridized carbons (Fsp3) is 0.348. The number of rotatable bonds is 1. The van der Waals surface area contributed by atoms with E-state index < -0.39 is 17.8 Å². The Morgan fingerprint density at radius 1 is 1.14 bits per heavy atom. The number of aryl methyl sites for hydroxylation is 2. The molecule has 0 saturated carbocycles. The molecule has 1 aliphatic heterocycles. The number of carbonyl (C=O) groups is 1. The second-order valence-corrected chi connectivity index (χ2v) is 8.98. The zero-order valence-corrected chi connectivity index (χ0v) is 17.2. The molecule has 2 aromatic rings. The van der Waals surface area contributed by atoms with Crippen LogP contribution in [0.3, 0.4) is 0 Å². The van der Waals surface area contributed by atoms with Crippen LogP contribution in [0, 0.1) is 31.0 Å². The molecule has 0 saturated heterocycles. The molecule has 0 spiro atoms. The van der Waals surface area contributed by atoms with E-state index in [1.54, 1.807) is 12.1 Å². The zero-order valence-electron chi connectivity index (χ0n) is 16.5. The van der Waals surface area contributed by atoms with Gasteiger partial charge in [-0.2, -0.15) is 0 Å². The highest BCUT2D eigenvalue weighted by Crippen LogP contribution is 2.47. The van der Waals surface area contributed by atoms with Crippen LogP contribution in [-0.4, -0.2) is 5.78 Å². The van der Waals surface area contributed by atoms with Crippen molar-refractivity contribution in [2.24, 2.45) is 11.3 Å². The predicted molar refractivity (Wildman–Crippen MR) is 112 cm³/mol. The Balaban J connectivity index is 1.96. The van der Waals surface area contributed by atoms with E-state index in [1.165, 1.54) is 6.07 Å². The average molecular weight is 399 g/mol.